The summed E-state index contributed by atoms with van der Waals surface area (Å²) in [5.41, 5.74) is -0.431. The standard InChI is InChI=1S/C21H33N3O4/c1-14(2)13-28-16-11-18(26)24(23-19(16)15(3)4)12-17(25)22-20-5-8-21(27,9-6-20)10-7-20/h11,14-15,27H,5-10,12-13H2,1-4H3,(H,22,25). The number of nitrogens with zero attached hydrogens (tertiary/aromatic N) is 2. The van der Waals surface area contributed by atoms with Gasteiger partial charge in [0, 0.05) is 17.5 Å². The third kappa shape index (κ3) is 4.57. The van der Waals surface area contributed by atoms with Crippen LogP contribution in [0.3, 0.4) is 0 Å². The average molecular weight is 392 g/mol. The third-order valence-corrected chi connectivity index (χ3v) is 6.01. The van der Waals surface area contributed by atoms with Crippen LogP contribution in [0.25, 0.3) is 0 Å². The number of hydrogen-bond donors (Lipinski definition) is 2. The van der Waals surface area contributed by atoms with E-state index in [1.165, 1.54) is 10.7 Å². The molecule has 1 aromatic heterocycles. The second-order valence-electron chi connectivity index (χ2n) is 9.30. The van der Waals surface area contributed by atoms with Crippen LogP contribution in [0.15, 0.2) is 10.9 Å². The third-order valence-electron chi connectivity index (χ3n) is 6.01. The number of carbonyl (C=O) groups is 1. The normalized spacial score (nSPS) is 26.7. The lowest BCUT2D eigenvalue weighted by Gasteiger charge is -2.51. The van der Waals surface area contributed by atoms with Gasteiger partial charge >= 0.3 is 0 Å². The van der Waals surface area contributed by atoms with Crippen molar-refractivity contribution < 1.29 is 14.6 Å². The van der Waals surface area contributed by atoms with Gasteiger partial charge in [0.15, 0.2) is 0 Å². The summed E-state index contributed by atoms with van der Waals surface area (Å²) in [5, 5.41) is 17.9. The van der Waals surface area contributed by atoms with Crippen molar-refractivity contribution in [2.45, 2.75) is 89.8 Å². The molecule has 1 aromatic rings. The van der Waals surface area contributed by atoms with E-state index in [0.29, 0.717) is 24.0 Å². The molecule has 2 bridgehead atoms. The molecule has 1 amide bonds. The fourth-order valence-corrected chi connectivity index (χ4v) is 4.20. The lowest BCUT2D eigenvalue weighted by atomic mass is 9.63. The van der Waals surface area contributed by atoms with Gasteiger partial charge in [0.1, 0.15) is 18.0 Å². The van der Waals surface area contributed by atoms with Crippen molar-refractivity contribution in [3.05, 3.63) is 22.1 Å². The molecule has 1 heterocycles. The molecule has 28 heavy (non-hydrogen) atoms. The molecule has 3 fully saturated rings. The Hall–Kier alpha value is -1.89. The molecule has 0 saturated heterocycles. The highest BCUT2D eigenvalue weighted by atomic mass is 16.5. The van der Waals surface area contributed by atoms with Crippen molar-refractivity contribution in [3.63, 3.8) is 0 Å². The zero-order valence-electron chi connectivity index (χ0n) is 17.5. The molecule has 0 atom stereocenters. The van der Waals surface area contributed by atoms with E-state index in [-0.39, 0.29) is 29.5 Å². The van der Waals surface area contributed by atoms with Crippen LogP contribution in [0, 0.1) is 5.92 Å². The summed E-state index contributed by atoms with van der Waals surface area (Å²) in [6.07, 6.45) is 4.55. The maximum Gasteiger partial charge on any atom is 0.270 e. The number of fused-ring (bicyclic) bond motifs is 3. The SMILES string of the molecule is CC(C)COc1cc(=O)n(CC(=O)NC23CCC(O)(CC2)CC3)nc1C(C)C. The van der Waals surface area contributed by atoms with Crippen LogP contribution in [0.4, 0.5) is 0 Å². The smallest absolute Gasteiger partial charge is 0.270 e. The van der Waals surface area contributed by atoms with Crippen LogP contribution in [0.2, 0.25) is 0 Å². The number of aromatic nitrogens is 2. The first kappa shape index (κ1) is 20.8. The van der Waals surface area contributed by atoms with Crippen molar-refractivity contribution >= 4 is 5.91 Å². The molecule has 7 nitrogen and oxygen atoms in total. The van der Waals surface area contributed by atoms with Crippen LogP contribution in [0.5, 0.6) is 5.75 Å². The number of rotatable bonds is 7. The molecule has 3 aliphatic carbocycles. The maximum atomic E-state index is 12.7. The van der Waals surface area contributed by atoms with Crippen LogP contribution in [-0.4, -0.2) is 38.5 Å². The van der Waals surface area contributed by atoms with E-state index < -0.39 is 5.60 Å². The van der Waals surface area contributed by atoms with Gasteiger partial charge in [0.05, 0.1) is 12.2 Å². The summed E-state index contributed by atoms with van der Waals surface area (Å²) in [4.78, 5) is 25.2. The molecular formula is C21H33N3O4. The van der Waals surface area contributed by atoms with Gasteiger partial charge < -0.3 is 15.2 Å². The number of carbonyl (C=O) groups excluding carboxylic acids is 1. The summed E-state index contributed by atoms with van der Waals surface area (Å²) in [7, 11) is 0. The predicted molar refractivity (Wildman–Crippen MR) is 106 cm³/mol. The first-order valence-corrected chi connectivity index (χ1v) is 10.4. The lowest BCUT2D eigenvalue weighted by molar-refractivity contribution is -0.129. The molecule has 7 heteroatoms. The van der Waals surface area contributed by atoms with Crippen LogP contribution in [0.1, 0.15) is 77.8 Å². The quantitative estimate of drug-likeness (QED) is 0.744. The molecule has 2 N–H and O–H groups in total. The van der Waals surface area contributed by atoms with Gasteiger partial charge in [-0.25, -0.2) is 4.68 Å². The number of ether oxygens (including phenoxy) is 1. The minimum Gasteiger partial charge on any atom is -0.491 e. The summed E-state index contributed by atoms with van der Waals surface area (Å²) in [6, 6.07) is 1.44. The molecule has 0 aliphatic heterocycles. The van der Waals surface area contributed by atoms with Gasteiger partial charge in [0.2, 0.25) is 5.91 Å². The fourth-order valence-electron chi connectivity index (χ4n) is 4.20. The van der Waals surface area contributed by atoms with Crippen molar-refractivity contribution in [1.82, 2.24) is 15.1 Å². The Morgan fingerprint density at radius 3 is 2.36 bits per heavy atom. The second kappa shape index (κ2) is 7.85. The van der Waals surface area contributed by atoms with Gasteiger partial charge in [-0.3, -0.25) is 9.59 Å². The molecule has 0 radical (unpaired) electrons. The highest BCUT2D eigenvalue weighted by molar-refractivity contribution is 5.76. The van der Waals surface area contributed by atoms with E-state index in [9.17, 15) is 14.7 Å². The van der Waals surface area contributed by atoms with E-state index in [1.54, 1.807) is 0 Å². The van der Waals surface area contributed by atoms with E-state index in [0.717, 1.165) is 38.5 Å². The largest absolute Gasteiger partial charge is 0.491 e. The summed E-state index contributed by atoms with van der Waals surface area (Å²) in [6.45, 7) is 8.48. The van der Waals surface area contributed by atoms with Crippen molar-refractivity contribution in [2.24, 2.45) is 5.92 Å². The number of aliphatic hydroxyl groups is 1. The summed E-state index contributed by atoms with van der Waals surface area (Å²) >= 11 is 0. The first-order chi connectivity index (χ1) is 13.1. The van der Waals surface area contributed by atoms with Crippen molar-refractivity contribution in [2.75, 3.05) is 6.61 Å². The van der Waals surface area contributed by atoms with Crippen LogP contribution in [-0.2, 0) is 11.3 Å². The second-order valence-corrected chi connectivity index (χ2v) is 9.30. The molecule has 0 spiro atoms. The highest BCUT2D eigenvalue weighted by Crippen LogP contribution is 2.46. The number of nitrogens with one attached hydrogen (secondary N) is 1. The minimum absolute atomic E-state index is 0.0741. The van der Waals surface area contributed by atoms with Gasteiger partial charge in [0.25, 0.3) is 5.56 Å². The Labute approximate surface area is 166 Å². The zero-order valence-corrected chi connectivity index (χ0v) is 17.5. The number of amides is 1. The Morgan fingerprint density at radius 2 is 1.82 bits per heavy atom. The molecular weight excluding hydrogens is 358 g/mol. The molecule has 156 valence electrons. The Bertz CT molecular complexity index is 760. The van der Waals surface area contributed by atoms with Crippen molar-refractivity contribution in [3.8, 4) is 5.75 Å². The monoisotopic (exact) mass is 391 g/mol. The molecule has 0 aromatic carbocycles. The van der Waals surface area contributed by atoms with Gasteiger partial charge in [-0.1, -0.05) is 27.7 Å². The van der Waals surface area contributed by atoms with E-state index in [4.69, 9.17) is 4.74 Å². The van der Waals surface area contributed by atoms with Gasteiger partial charge in [-0.15, -0.1) is 0 Å². The highest BCUT2D eigenvalue weighted by Gasteiger charge is 2.48. The van der Waals surface area contributed by atoms with Crippen LogP contribution >= 0.6 is 0 Å². The topological polar surface area (TPSA) is 93.5 Å². The van der Waals surface area contributed by atoms with Gasteiger partial charge in [-0.2, -0.15) is 5.10 Å². The van der Waals surface area contributed by atoms with Crippen molar-refractivity contribution in [1.29, 1.82) is 0 Å². The van der Waals surface area contributed by atoms with Crippen LogP contribution < -0.4 is 15.6 Å². The van der Waals surface area contributed by atoms with E-state index in [1.807, 2.05) is 27.7 Å². The lowest BCUT2D eigenvalue weighted by Crippen LogP contribution is -2.59. The van der Waals surface area contributed by atoms with E-state index in [2.05, 4.69) is 10.4 Å². The summed E-state index contributed by atoms with van der Waals surface area (Å²) in [5.74, 6) is 0.719. The summed E-state index contributed by atoms with van der Waals surface area (Å²) < 4.78 is 7.00. The molecule has 3 saturated carbocycles. The fraction of sp³-hybridized carbons (Fsp3) is 0.762. The Kier molecular flexibility index (Phi) is 5.84. The Morgan fingerprint density at radius 1 is 1.21 bits per heavy atom. The number of hydrogen-bond acceptors (Lipinski definition) is 5. The Balaban J connectivity index is 1.72. The average Bonchev–Trinajstić information content (AvgIpc) is 2.63. The molecule has 0 unspecified atom stereocenters. The molecule has 4 rings (SSSR count). The maximum absolute atomic E-state index is 12.7. The zero-order chi connectivity index (χ0) is 20.5. The first-order valence-electron chi connectivity index (χ1n) is 10.4. The van der Waals surface area contributed by atoms with Gasteiger partial charge in [-0.05, 0) is 44.4 Å². The van der Waals surface area contributed by atoms with E-state index >= 15 is 0 Å². The minimum atomic E-state index is -0.539. The molecule has 3 aliphatic rings. The predicted octanol–water partition coefficient (Wildman–Crippen LogP) is 2.36.